The number of hydrogen-bond donors (Lipinski definition) is 2. The van der Waals surface area contributed by atoms with Gasteiger partial charge >= 0.3 is 0 Å². The van der Waals surface area contributed by atoms with Crippen LogP contribution in [0.1, 0.15) is 32.5 Å². The average molecular weight is 484 g/mol. The van der Waals surface area contributed by atoms with Crippen LogP contribution in [0, 0.1) is 0 Å². The van der Waals surface area contributed by atoms with Crippen molar-refractivity contribution in [1.82, 2.24) is 14.9 Å². The predicted octanol–water partition coefficient (Wildman–Crippen LogP) is 3.83. The highest BCUT2D eigenvalue weighted by Crippen LogP contribution is 2.24. The Morgan fingerprint density at radius 2 is 1.97 bits per heavy atom. The molecular formula is C24H22ClN3O4S. The van der Waals surface area contributed by atoms with E-state index >= 15 is 0 Å². The van der Waals surface area contributed by atoms with Gasteiger partial charge in [0.25, 0.3) is 5.91 Å². The van der Waals surface area contributed by atoms with E-state index in [2.05, 4.69) is 10.3 Å². The van der Waals surface area contributed by atoms with Crippen LogP contribution in [0.15, 0.2) is 65.8 Å². The van der Waals surface area contributed by atoms with Crippen molar-refractivity contribution in [2.75, 3.05) is 6.61 Å². The number of thiophene rings is 1. The Labute approximate surface area is 199 Å². The van der Waals surface area contributed by atoms with Crippen molar-refractivity contribution < 1.29 is 14.6 Å². The van der Waals surface area contributed by atoms with Crippen molar-refractivity contribution in [3.8, 4) is 0 Å². The number of fused-ring (bicyclic) bond motifs is 1. The SMILES string of the molecule is Cn1cc(C(=O)NCc2ccc(Cl)cc2)c(=O)c2cc(COC[C@@H](O)c3ccncc3)sc21. The van der Waals surface area contributed by atoms with Gasteiger partial charge in [-0.15, -0.1) is 11.3 Å². The minimum atomic E-state index is -0.760. The number of carbonyl (C=O) groups is 1. The topological polar surface area (TPSA) is 93.5 Å². The molecule has 2 N–H and O–H groups in total. The second-order valence-electron chi connectivity index (χ2n) is 7.53. The van der Waals surface area contributed by atoms with Crippen LogP contribution in [0.2, 0.25) is 5.02 Å². The third-order valence-electron chi connectivity index (χ3n) is 5.12. The Hall–Kier alpha value is -3.04. The summed E-state index contributed by atoms with van der Waals surface area (Å²) in [6, 6.07) is 12.4. The fourth-order valence-corrected chi connectivity index (χ4v) is 4.53. The second-order valence-corrected chi connectivity index (χ2v) is 9.09. The van der Waals surface area contributed by atoms with Gasteiger partial charge in [0.05, 0.1) is 18.6 Å². The summed E-state index contributed by atoms with van der Waals surface area (Å²) in [4.78, 5) is 31.2. The van der Waals surface area contributed by atoms with Crippen molar-refractivity contribution in [3.05, 3.63) is 97.9 Å². The number of nitrogens with one attached hydrogen (secondary N) is 1. The van der Waals surface area contributed by atoms with Crippen molar-refractivity contribution in [1.29, 1.82) is 0 Å². The molecule has 0 bridgehead atoms. The van der Waals surface area contributed by atoms with E-state index in [0.717, 1.165) is 20.8 Å². The first-order chi connectivity index (χ1) is 15.9. The van der Waals surface area contributed by atoms with Crippen LogP contribution in [-0.2, 0) is 24.9 Å². The van der Waals surface area contributed by atoms with Crippen molar-refractivity contribution >= 4 is 39.1 Å². The molecule has 0 aliphatic heterocycles. The van der Waals surface area contributed by atoms with E-state index in [1.165, 1.54) is 11.3 Å². The van der Waals surface area contributed by atoms with Gasteiger partial charge in [-0.05, 0) is 41.5 Å². The molecule has 4 aromatic rings. The van der Waals surface area contributed by atoms with Gasteiger partial charge in [0.15, 0.2) is 0 Å². The summed E-state index contributed by atoms with van der Waals surface area (Å²) in [6.45, 7) is 0.658. The molecule has 0 aliphatic carbocycles. The maximum atomic E-state index is 13.0. The van der Waals surface area contributed by atoms with Gasteiger partial charge in [-0.25, -0.2) is 0 Å². The van der Waals surface area contributed by atoms with E-state index in [1.54, 1.807) is 60.5 Å². The molecular weight excluding hydrogens is 462 g/mol. The molecule has 0 unspecified atom stereocenters. The van der Waals surface area contributed by atoms with Crippen LogP contribution in [0.3, 0.4) is 0 Å². The lowest BCUT2D eigenvalue weighted by Crippen LogP contribution is -2.29. The van der Waals surface area contributed by atoms with Gasteiger partial charge in [-0.3, -0.25) is 14.6 Å². The highest BCUT2D eigenvalue weighted by Gasteiger charge is 2.17. The van der Waals surface area contributed by atoms with E-state index < -0.39 is 12.0 Å². The molecule has 4 rings (SSSR count). The van der Waals surface area contributed by atoms with E-state index in [1.807, 2.05) is 12.1 Å². The summed E-state index contributed by atoms with van der Waals surface area (Å²) in [5, 5.41) is 14.1. The van der Waals surface area contributed by atoms with Crippen LogP contribution in [0.4, 0.5) is 0 Å². The monoisotopic (exact) mass is 483 g/mol. The van der Waals surface area contributed by atoms with Crippen molar-refractivity contribution in [2.24, 2.45) is 7.05 Å². The smallest absolute Gasteiger partial charge is 0.257 e. The third-order valence-corrected chi connectivity index (χ3v) is 6.57. The van der Waals surface area contributed by atoms with Crippen LogP contribution in [0.25, 0.3) is 10.2 Å². The molecule has 0 saturated heterocycles. The number of nitrogens with zero attached hydrogens (tertiary/aromatic N) is 2. The zero-order chi connectivity index (χ0) is 23.4. The summed E-state index contributed by atoms with van der Waals surface area (Å²) in [7, 11) is 1.80. The number of carbonyl (C=O) groups excluding carboxylic acids is 1. The number of benzene rings is 1. The van der Waals surface area contributed by atoms with E-state index in [4.69, 9.17) is 16.3 Å². The minimum Gasteiger partial charge on any atom is -0.386 e. The zero-order valence-corrected chi connectivity index (χ0v) is 19.4. The number of ether oxygens (including phenoxy) is 1. The van der Waals surface area contributed by atoms with Crippen LogP contribution in [0.5, 0.6) is 0 Å². The number of halogens is 1. The number of pyridine rings is 2. The number of amides is 1. The van der Waals surface area contributed by atoms with Gasteiger partial charge in [0.1, 0.15) is 16.5 Å². The molecule has 3 heterocycles. The number of aliphatic hydroxyl groups is 1. The number of aromatic nitrogens is 2. The fourth-order valence-electron chi connectivity index (χ4n) is 3.38. The van der Waals surface area contributed by atoms with E-state index in [9.17, 15) is 14.7 Å². The van der Waals surface area contributed by atoms with Crippen molar-refractivity contribution in [3.63, 3.8) is 0 Å². The van der Waals surface area contributed by atoms with Gasteiger partial charge in [-0.2, -0.15) is 0 Å². The largest absolute Gasteiger partial charge is 0.386 e. The molecule has 1 amide bonds. The summed E-state index contributed by atoms with van der Waals surface area (Å²) in [6.07, 6.45) is 4.02. The molecule has 33 heavy (non-hydrogen) atoms. The van der Waals surface area contributed by atoms with Gasteiger partial charge in [-0.1, -0.05) is 23.7 Å². The summed E-state index contributed by atoms with van der Waals surface area (Å²) in [5.41, 5.74) is 1.37. The third kappa shape index (κ3) is 5.48. The Morgan fingerprint density at radius 1 is 1.24 bits per heavy atom. The number of rotatable bonds is 8. The number of aliphatic hydroxyl groups excluding tert-OH is 1. The highest BCUT2D eigenvalue weighted by molar-refractivity contribution is 7.18. The van der Waals surface area contributed by atoms with Crippen LogP contribution in [-0.4, -0.2) is 27.2 Å². The molecule has 1 atom stereocenters. The molecule has 9 heteroatoms. The molecule has 0 saturated carbocycles. The van der Waals surface area contributed by atoms with E-state index in [0.29, 0.717) is 17.0 Å². The number of aryl methyl sites for hydroxylation is 1. The summed E-state index contributed by atoms with van der Waals surface area (Å²) in [5.74, 6) is -0.433. The Kier molecular flexibility index (Phi) is 7.20. The molecule has 0 radical (unpaired) electrons. The second kappa shape index (κ2) is 10.3. The lowest BCUT2D eigenvalue weighted by Gasteiger charge is -2.10. The lowest BCUT2D eigenvalue weighted by atomic mass is 10.1. The van der Waals surface area contributed by atoms with Gasteiger partial charge < -0.3 is 19.7 Å². The Morgan fingerprint density at radius 3 is 2.70 bits per heavy atom. The van der Waals surface area contributed by atoms with Crippen molar-refractivity contribution in [2.45, 2.75) is 19.3 Å². The maximum absolute atomic E-state index is 13.0. The standard InChI is InChI=1S/C24H22ClN3O4S/c1-28-12-20(23(31)27-11-15-2-4-17(25)5-3-15)22(30)19-10-18(33-24(19)28)13-32-14-21(29)16-6-8-26-9-7-16/h2-10,12,21,29H,11,13-14H2,1H3,(H,27,31)/t21-/m1/s1. The quantitative estimate of drug-likeness (QED) is 0.397. The Balaban J connectivity index is 1.44. The molecule has 0 spiro atoms. The first-order valence-corrected chi connectivity index (χ1v) is 11.4. The molecule has 0 aliphatic rings. The zero-order valence-electron chi connectivity index (χ0n) is 17.8. The fraction of sp³-hybridized carbons (Fsp3) is 0.208. The summed E-state index contributed by atoms with van der Waals surface area (Å²) >= 11 is 7.31. The molecule has 3 aromatic heterocycles. The number of hydrogen-bond acceptors (Lipinski definition) is 6. The average Bonchev–Trinajstić information content (AvgIpc) is 3.26. The minimum absolute atomic E-state index is 0.0809. The molecule has 170 valence electrons. The van der Waals surface area contributed by atoms with Crippen LogP contribution < -0.4 is 10.7 Å². The van der Waals surface area contributed by atoms with Crippen LogP contribution >= 0.6 is 22.9 Å². The predicted molar refractivity (Wildman–Crippen MR) is 129 cm³/mol. The van der Waals surface area contributed by atoms with E-state index in [-0.39, 0.29) is 24.2 Å². The summed E-state index contributed by atoms with van der Waals surface area (Å²) < 4.78 is 7.43. The molecule has 1 aromatic carbocycles. The first kappa shape index (κ1) is 23.1. The normalized spacial score (nSPS) is 12.1. The highest BCUT2D eigenvalue weighted by atomic mass is 35.5. The van der Waals surface area contributed by atoms with Gasteiger partial charge in [0.2, 0.25) is 5.43 Å². The first-order valence-electron chi connectivity index (χ1n) is 10.2. The molecule has 0 fully saturated rings. The molecule has 7 nitrogen and oxygen atoms in total. The Bertz CT molecular complexity index is 1320. The maximum Gasteiger partial charge on any atom is 0.257 e. The van der Waals surface area contributed by atoms with Gasteiger partial charge in [0, 0.05) is 42.1 Å². The lowest BCUT2D eigenvalue weighted by molar-refractivity contribution is 0.0287.